The largest absolute Gasteiger partial charge is 0.466 e. The number of hydrogen-bond donors (Lipinski definition) is 0. The van der Waals surface area contributed by atoms with Crippen LogP contribution in [0.15, 0.2) is 12.2 Å². The molecule has 0 atom stereocenters. The molecule has 1 heterocycles. The van der Waals surface area contributed by atoms with E-state index in [1.165, 1.54) is 7.11 Å². The van der Waals surface area contributed by atoms with Crippen molar-refractivity contribution in [3.63, 3.8) is 0 Å². The van der Waals surface area contributed by atoms with Crippen LogP contribution in [0.2, 0.25) is 0 Å². The molecule has 0 aliphatic carbocycles. The average Bonchev–Trinajstić information content (AvgIpc) is 2.52. The highest BCUT2D eigenvalue weighted by Crippen LogP contribution is 2.04. The Labute approximate surface area is 126 Å². The van der Waals surface area contributed by atoms with E-state index in [1.54, 1.807) is 0 Å². The molecule has 0 N–H and O–H groups in total. The van der Waals surface area contributed by atoms with Crippen molar-refractivity contribution in [2.24, 2.45) is 0 Å². The highest BCUT2D eigenvalue weighted by Gasteiger charge is 2.08. The Balaban J connectivity index is 1.91. The van der Waals surface area contributed by atoms with Crippen LogP contribution in [0, 0.1) is 0 Å². The lowest BCUT2D eigenvalue weighted by atomic mass is 10.2. The number of nitrogens with zero attached hydrogens (tertiary/aromatic N) is 1. The maximum atomic E-state index is 11.2. The lowest BCUT2D eigenvalue weighted by Gasteiger charge is -2.26. The van der Waals surface area contributed by atoms with Gasteiger partial charge in [-0.25, -0.2) is 9.59 Å². The van der Waals surface area contributed by atoms with Crippen LogP contribution in [0.25, 0.3) is 0 Å². The first-order valence-corrected chi connectivity index (χ1v) is 7.45. The van der Waals surface area contributed by atoms with Crippen molar-refractivity contribution in [1.29, 1.82) is 0 Å². The van der Waals surface area contributed by atoms with Gasteiger partial charge in [-0.1, -0.05) is 12.8 Å². The summed E-state index contributed by atoms with van der Waals surface area (Å²) in [4.78, 5) is 24.4. The molecule has 0 unspecified atom stereocenters. The van der Waals surface area contributed by atoms with Gasteiger partial charge < -0.3 is 14.2 Å². The van der Waals surface area contributed by atoms with Crippen molar-refractivity contribution in [2.75, 3.05) is 46.6 Å². The predicted octanol–water partition coefficient (Wildman–Crippen LogP) is 1.15. The molecule has 6 heteroatoms. The van der Waals surface area contributed by atoms with E-state index in [1.807, 2.05) is 0 Å². The lowest BCUT2D eigenvalue weighted by molar-refractivity contribution is -0.139. The van der Waals surface area contributed by atoms with Crippen LogP contribution in [0.5, 0.6) is 0 Å². The van der Waals surface area contributed by atoms with Crippen LogP contribution in [0.1, 0.15) is 25.7 Å². The summed E-state index contributed by atoms with van der Waals surface area (Å²) in [6.45, 7) is 5.26. The zero-order valence-electron chi connectivity index (χ0n) is 12.7. The van der Waals surface area contributed by atoms with E-state index >= 15 is 0 Å². The number of esters is 2. The Hall–Kier alpha value is -1.40. The summed E-state index contributed by atoms with van der Waals surface area (Å²) in [5.41, 5.74) is 0. The van der Waals surface area contributed by atoms with Crippen LogP contribution in [0.4, 0.5) is 0 Å². The third kappa shape index (κ3) is 9.20. The maximum Gasteiger partial charge on any atom is 0.331 e. The van der Waals surface area contributed by atoms with Gasteiger partial charge in [-0.05, 0) is 19.4 Å². The number of rotatable bonds is 9. The SMILES string of the molecule is COC(=O)/C=C/C(=O)OCCCCCCN1CCOCC1. The van der Waals surface area contributed by atoms with Gasteiger partial charge in [-0.15, -0.1) is 0 Å². The molecule has 1 aliphatic heterocycles. The van der Waals surface area contributed by atoms with Crippen molar-refractivity contribution >= 4 is 11.9 Å². The summed E-state index contributed by atoms with van der Waals surface area (Å²) in [6, 6.07) is 0. The third-order valence-corrected chi connectivity index (χ3v) is 3.27. The molecular weight excluding hydrogens is 274 g/mol. The van der Waals surface area contributed by atoms with E-state index in [2.05, 4.69) is 9.64 Å². The molecule has 0 aromatic heterocycles. The summed E-state index contributed by atoms with van der Waals surface area (Å²) in [5, 5.41) is 0. The van der Waals surface area contributed by atoms with Crippen molar-refractivity contribution in [1.82, 2.24) is 4.90 Å². The molecule has 0 bridgehead atoms. The Morgan fingerprint density at radius 3 is 2.43 bits per heavy atom. The Morgan fingerprint density at radius 2 is 1.71 bits per heavy atom. The normalized spacial score (nSPS) is 16.0. The molecule has 120 valence electrons. The minimum absolute atomic E-state index is 0.391. The van der Waals surface area contributed by atoms with Gasteiger partial charge >= 0.3 is 11.9 Å². The molecule has 1 saturated heterocycles. The first-order chi connectivity index (χ1) is 10.2. The summed E-state index contributed by atoms with van der Waals surface area (Å²) >= 11 is 0. The number of morpholine rings is 1. The first-order valence-electron chi connectivity index (χ1n) is 7.45. The second kappa shape index (κ2) is 11.3. The van der Waals surface area contributed by atoms with Gasteiger partial charge in [-0.3, -0.25) is 4.90 Å². The van der Waals surface area contributed by atoms with Crippen molar-refractivity contribution in [2.45, 2.75) is 25.7 Å². The van der Waals surface area contributed by atoms with Crippen LogP contribution in [-0.4, -0.2) is 63.4 Å². The summed E-state index contributed by atoms with van der Waals surface area (Å²) in [7, 11) is 1.26. The zero-order valence-corrected chi connectivity index (χ0v) is 12.7. The fraction of sp³-hybridized carbons (Fsp3) is 0.733. The monoisotopic (exact) mass is 299 g/mol. The highest BCUT2D eigenvalue weighted by molar-refractivity contribution is 5.91. The molecule has 0 spiro atoms. The van der Waals surface area contributed by atoms with E-state index in [0.717, 1.165) is 70.7 Å². The summed E-state index contributed by atoms with van der Waals surface area (Å²) < 4.78 is 14.6. The standard InChI is InChI=1S/C15H25NO5/c1-19-14(17)6-7-15(18)21-11-5-3-2-4-8-16-9-12-20-13-10-16/h6-7H,2-5,8-13H2,1H3/b7-6+. The van der Waals surface area contributed by atoms with Crippen molar-refractivity contribution < 1.29 is 23.8 Å². The van der Waals surface area contributed by atoms with Gasteiger partial charge in [0.1, 0.15) is 0 Å². The predicted molar refractivity (Wildman–Crippen MR) is 77.8 cm³/mol. The minimum Gasteiger partial charge on any atom is -0.466 e. The molecular formula is C15H25NO5. The molecule has 0 aromatic rings. The second-order valence-corrected chi connectivity index (χ2v) is 4.89. The van der Waals surface area contributed by atoms with Crippen molar-refractivity contribution in [3.8, 4) is 0 Å². The van der Waals surface area contributed by atoms with Gasteiger partial charge in [0, 0.05) is 25.2 Å². The summed E-state index contributed by atoms with van der Waals surface area (Å²) in [5.74, 6) is -1.07. The third-order valence-electron chi connectivity index (χ3n) is 3.27. The zero-order chi connectivity index (χ0) is 15.3. The van der Waals surface area contributed by atoms with Crippen LogP contribution >= 0.6 is 0 Å². The maximum absolute atomic E-state index is 11.2. The van der Waals surface area contributed by atoms with E-state index in [4.69, 9.17) is 9.47 Å². The van der Waals surface area contributed by atoms with Crippen LogP contribution in [0.3, 0.4) is 0 Å². The Morgan fingerprint density at radius 1 is 1.05 bits per heavy atom. The number of methoxy groups -OCH3 is 1. The molecule has 1 aliphatic rings. The molecule has 1 fully saturated rings. The van der Waals surface area contributed by atoms with E-state index in [0.29, 0.717) is 6.61 Å². The van der Waals surface area contributed by atoms with E-state index < -0.39 is 11.9 Å². The topological polar surface area (TPSA) is 65.1 Å². The fourth-order valence-corrected chi connectivity index (χ4v) is 2.04. The van der Waals surface area contributed by atoms with E-state index in [9.17, 15) is 9.59 Å². The molecule has 6 nitrogen and oxygen atoms in total. The number of carbonyl (C=O) groups is 2. The van der Waals surface area contributed by atoms with Crippen molar-refractivity contribution in [3.05, 3.63) is 12.2 Å². The quantitative estimate of drug-likeness (QED) is 0.361. The average molecular weight is 299 g/mol. The smallest absolute Gasteiger partial charge is 0.331 e. The molecule has 0 saturated carbocycles. The molecule has 0 aromatic carbocycles. The first kappa shape index (κ1) is 17.7. The minimum atomic E-state index is -0.560. The van der Waals surface area contributed by atoms with Gasteiger partial charge in [-0.2, -0.15) is 0 Å². The number of hydrogen-bond acceptors (Lipinski definition) is 6. The molecule has 1 rings (SSSR count). The summed E-state index contributed by atoms with van der Waals surface area (Å²) in [6.07, 6.45) is 6.33. The number of ether oxygens (including phenoxy) is 3. The number of carbonyl (C=O) groups excluding carboxylic acids is 2. The van der Waals surface area contributed by atoms with Crippen LogP contribution in [-0.2, 0) is 23.8 Å². The fourth-order valence-electron chi connectivity index (χ4n) is 2.04. The van der Waals surface area contributed by atoms with Gasteiger partial charge in [0.2, 0.25) is 0 Å². The molecule has 21 heavy (non-hydrogen) atoms. The second-order valence-electron chi connectivity index (χ2n) is 4.89. The van der Waals surface area contributed by atoms with Gasteiger partial charge in [0.15, 0.2) is 0 Å². The van der Waals surface area contributed by atoms with Crippen LogP contribution < -0.4 is 0 Å². The molecule has 0 amide bonds. The van der Waals surface area contributed by atoms with Gasteiger partial charge in [0.05, 0.1) is 26.9 Å². The highest BCUT2D eigenvalue weighted by atomic mass is 16.5. The Kier molecular flexibility index (Phi) is 9.48. The van der Waals surface area contributed by atoms with E-state index in [-0.39, 0.29) is 0 Å². The number of unbranched alkanes of at least 4 members (excludes halogenated alkanes) is 3. The molecule has 0 radical (unpaired) electrons. The Bertz CT molecular complexity index is 337. The lowest BCUT2D eigenvalue weighted by Crippen LogP contribution is -2.36. The van der Waals surface area contributed by atoms with Gasteiger partial charge in [0.25, 0.3) is 0 Å².